The number of ether oxygens (including phenoxy) is 1. The van der Waals surface area contributed by atoms with Crippen LogP contribution in [0, 0.1) is 0 Å². The van der Waals surface area contributed by atoms with Crippen molar-refractivity contribution in [3.05, 3.63) is 34.9 Å². The minimum absolute atomic E-state index is 0.0551. The summed E-state index contributed by atoms with van der Waals surface area (Å²) >= 11 is 0. The van der Waals surface area contributed by atoms with E-state index in [1.54, 1.807) is 11.8 Å². The number of aryl methyl sites for hydroxylation is 2. The fraction of sp³-hybridized carbons (Fsp3) is 0.500. The number of morpholine rings is 1. The van der Waals surface area contributed by atoms with Crippen LogP contribution in [0.4, 0.5) is 0 Å². The summed E-state index contributed by atoms with van der Waals surface area (Å²) in [5.41, 5.74) is 7.58. The zero-order valence-corrected chi connectivity index (χ0v) is 12.2. The Morgan fingerprint density at radius 2 is 2.05 bits per heavy atom. The molecule has 0 aromatic heterocycles. The highest BCUT2D eigenvalue weighted by molar-refractivity contribution is 5.95. The Labute approximate surface area is 124 Å². The van der Waals surface area contributed by atoms with Gasteiger partial charge in [0.2, 0.25) is 0 Å². The quantitative estimate of drug-likeness (QED) is 0.878. The Hall–Kier alpha value is -1.88. The molecule has 0 radical (unpaired) electrons. The van der Waals surface area contributed by atoms with Crippen LogP contribution in [0.15, 0.2) is 18.2 Å². The van der Waals surface area contributed by atoms with Gasteiger partial charge in [0.05, 0.1) is 13.2 Å². The second-order valence-corrected chi connectivity index (χ2v) is 6.01. The monoisotopic (exact) mass is 288 g/mol. The molecule has 3 rings (SSSR count). The van der Waals surface area contributed by atoms with E-state index < -0.39 is 11.5 Å². The van der Waals surface area contributed by atoms with E-state index in [0.29, 0.717) is 18.7 Å². The predicted octanol–water partition coefficient (Wildman–Crippen LogP) is 0.892. The number of carbonyl (C=O) groups excluding carboxylic acids is 2. The first-order valence-corrected chi connectivity index (χ1v) is 7.34. The largest absolute Gasteiger partial charge is 0.367 e. The van der Waals surface area contributed by atoms with Gasteiger partial charge in [-0.2, -0.15) is 0 Å². The molecule has 1 aliphatic heterocycles. The molecule has 1 aromatic carbocycles. The highest BCUT2D eigenvalue weighted by Gasteiger charge is 2.39. The molecule has 21 heavy (non-hydrogen) atoms. The first kappa shape index (κ1) is 14.1. The van der Waals surface area contributed by atoms with Crippen LogP contribution in [0.5, 0.6) is 0 Å². The van der Waals surface area contributed by atoms with Crippen LogP contribution in [0.25, 0.3) is 0 Å². The van der Waals surface area contributed by atoms with E-state index in [9.17, 15) is 9.59 Å². The molecule has 1 atom stereocenters. The number of amides is 2. The number of benzene rings is 1. The fourth-order valence-corrected chi connectivity index (χ4v) is 3.08. The number of nitrogens with zero attached hydrogens (tertiary/aromatic N) is 1. The zero-order valence-electron chi connectivity index (χ0n) is 12.2. The van der Waals surface area contributed by atoms with Gasteiger partial charge in [-0.25, -0.2) is 0 Å². The standard InChI is InChI=1S/C16H20N2O3/c1-16(15(17)20)10-18(7-8-21-16)14(19)13-6-5-11-3-2-4-12(11)9-13/h5-6,9H,2-4,7-8,10H2,1H3,(H2,17,20). The van der Waals surface area contributed by atoms with Crippen molar-refractivity contribution in [3.8, 4) is 0 Å². The van der Waals surface area contributed by atoms with E-state index in [4.69, 9.17) is 10.5 Å². The van der Waals surface area contributed by atoms with E-state index in [1.807, 2.05) is 18.2 Å². The van der Waals surface area contributed by atoms with Gasteiger partial charge in [0.1, 0.15) is 0 Å². The molecule has 0 saturated carbocycles. The van der Waals surface area contributed by atoms with Crippen molar-refractivity contribution in [2.45, 2.75) is 31.8 Å². The first-order valence-electron chi connectivity index (χ1n) is 7.34. The number of hydrogen-bond acceptors (Lipinski definition) is 3. The molecule has 112 valence electrons. The van der Waals surface area contributed by atoms with Crippen molar-refractivity contribution in [2.24, 2.45) is 5.73 Å². The molecule has 5 heteroatoms. The van der Waals surface area contributed by atoms with Crippen LogP contribution in [0.1, 0.15) is 34.8 Å². The lowest BCUT2D eigenvalue weighted by Crippen LogP contribution is -2.58. The molecule has 2 amide bonds. The lowest BCUT2D eigenvalue weighted by Gasteiger charge is -2.38. The highest BCUT2D eigenvalue weighted by atomic mass is 16.5. The van der Waals surface area contributed by atoms with Gasteiger partial charge in [0.25, 0.3) is 11.8 Å². The van der Waals surface area contributed by atoms with Gasteiger partial charge in [-0.1, -0.05) is 6.07 Å². The maximum Gasteiger partial charge on any atom is 0.254 e. The van der Waals surface area contributed by atoms with Gasteiger partial charge in [0.15, 0.2) is 5.60 Å². The Bertz CT molecular complexity index is 599. The smallest absolute Gasteiger partial charge is 0.254 e. The van der Waals surface area contributed by atoms with Crippen LogP contribution < -0.4 is 5.73 Å². The lowest BCUT2D eigenvalue weighted by molar-refractivity contribution is -0.150. The van der Waals surface area contributed by atoms with Gasteiger partial charge >= 0.3 is 0 Å². The first-order chi connectivity index (χ1) is 9.99. The molecular weight excluding hydrogens is 268 g/mol. The third-order valence-electron chi connectivity index (χ3n) is 4.43. The second kappa shape index (κ2) is 5.15. The SMILES string of the molecule is CC1(C(N)=O)CN(C(=O)c2ccc3c(c2)CCC3)CCO1. The maximum atomic E-state index is 12.6. The summed E-state index contributed by atoms with van der Waals surface area (Å²) in [6.07, 6.45) is 3.30. The molecule has 1 aromatic rings. The summed E-state index contributed by atoms with van der Waals surface area (Å²) in [7, 11) is 0. The molecule has 1 heterocycles. The van der Waals surface area contributed by atoms with Crippen molar-refractivity contribution >= 4 is 11.8 Å². The van der Waals surface area contributed by atoms with Crippen LogP contribution in [-0.2, 0) is 22.4 Å². The van der Waals surface area contributed by atoms with Gasteiger partial charge in [-0.3, -0.25) is 9.59 Å². The topological polar surface area (TPSA) is 72.6 Å². The summed E-state index contributed by atoms with van der Waals surface area (Å²) in [4.78, 5) is 25.8. The average molecular weight is 288 g/mol. The molecule has 1 unspecified atom stereocenters. The minimum atomic E-state index is -1.09. The highest BCUT2D eigenvalue weighted by Crippen LogP contribution is 2.24. The van der Waals surface area contributed by atoms with Crippen molar-refractivity contribution < 1.29 is 14.3 Å². The summed E-state index contributed by atoms with van der Waals surface area (Å²) in [5.74, 6) is -0.588. The summed E-state index contributed by atoms with van der Waals surface area (Å²) in [6.45, 7) is 2.66. The lowest BCUT2D eigenvalue weighted by atomic mass is 10.0. The Morgan fingerprint density at radius 3 is 2.81 bits per heavy atom. The van der Waals surface area contributed by atoms with Gasteiger partial charge < -0.3 is 15.4 Å². The van der Waals surface area contributed by atoms with Crippen LogP contribution in [0.2, 0.25) is 0 Å². The molecule has 2 aliphatic rings. The van der Waals surface area contributed by atoms with E-state index in [0.717, 1.165) is 19.3 Å². The molecule has 0 spiro atoms. The van der Waals surface area contributed by atoms with E-state index in [-0.39, 0.29) is 12.5 Å². The fourth-order valence-electron chi connectivity index (χ4n) is 3.08. The average Bonchev–Trinajstić information content (AvgIpc) is 2.93. The summed E-state index contributed by atoms with van der Waals surface area (Å²) in [6, 6.07) is 5.91. The minimum Gasteiger partial charge on any atom is -0.367 e. The summed E-state index contributed by atoms with van der Waals surface area (Å²) < 4.78 is 5.45. The number of fused-ring (bicyclic) bond motifs is 1. The number of hydrogen-bond donors (Lipinski definition) is 1. The van der Waals surface area contributed by atoms with Crippen LogP contribution in [-0.4, -0.2) is 42.0 Å². The van der Waals surface area contributed by atoms with Crippen molar-refractivity contribution in [1.82, 2.24) is 4.90 Å². The summed E-state index contributed by atoms with van der Waals surface area (Å²) in [5, 5.41) is 0. The zero-order chi connectivity index (χ0) is 15.0. The Morgan fingerprint density at radius 1 is 1.29 bits per heavy atom. The molecular formula is C16H20N2O3. The number of primary amides is 1. The Balaban J connectivity index is 1.80. The van der Waals surface area contributed by atoms with Crippen molar-refractivity contribution in [1.29, 1.82) is 0 Å². The Kier molecular flexibility index (Phi) is 3.45. The van der Waals surface area contributed by atoms with Gasteiger partial charge in [-0.05, 0) is 49.4 Å². The van der Waals surface area contributed by atoms with E-state index in [1.165, 1.54) is 11.1 Å². The third kappa shape index (κ3) is 2.53. The third-order valence-corrected chi connectivity index (χ3v) is 4.43. The van der Waals surface area contributed by atoms with Gasteiger partial charge in [0, 0.05) is 12.1 Å². The van der Waals surface area contributed by atoms with E-state index in [2.05, 4.69) is 0 Å². The molecule has 1 aliphatic carbocycles. The molecule has 2 N–H and O–H groups in total. The molecule has 1 saturated heterocycles. The number of nitrogens with two attached hydrogens (primary N) is 1. The second-order valence-electron chi connectivity index (χ2n) is 6.01. The molecule has 1 fully saturated rings. The maximum absolute atomic E-state index is 12.6. The van der Waals surface area contributed by atoms with Crippen LogP contribution >= 0.6 is 0 Å². The van der Waals surface area contributed by atoms with E-state index >= 15 is 0 Å². The van der Waals surface area contributed by atoms with Crippen molar-refractivity contribution in [3.63, 3.8) is 0 Å². The van der Waals surface area contributed by atoms with Crippen molar-refractivity contribution in [2.75, 3.05) is 19.7 Å². The molecule has 0 bridgehead atoms. The number of carbonyl (C=O) groups is 2. The number of rotatable bonds is 2. The normalized spacial score (nSPS) is 24.7. The molecule has 5 nitrogen and oxygen atoms in total. The van der Waals surface area contributed by atoms with Gasteiger partial charge in [-0.15, -0.1) is 0 Å². The predicted molar refractivity (Wildman–Crippen MR) is 77.9 cm³/mol. The van der Waals surface area contributed by atoms with Crippen LogP contribution in [0.3, 0.4) is 0 Å².